The number of anilines is 2. The molecule has 0 radical (unpaired) electrons. The molecule has 0 saturated carbocycles. The Bertz CT molecular complexity index is 868. The lowest BCUT2D eigenvalue weighted by Gasteiger charge is -2.18. The van der Waals surface area contributed by atoms with Crippen molar-refractivity contribution >= 4 is 23.3 Å². The summed E-state index contributed by atoms with van der Waals surface area (Å²) < 4.78 is 15.7. The smallest absolute Gasteiger partial charge is 0.325 e. The summed E-state index contributed by atoms with van der Waals surface area (Å²) in [6.45, 7) is 1.18. The van der Waals surface area contributed by atoms with Gasteiger partial charge in [-0.3, -0.25) is 9.69 Å². The Morgan fingerprint density at radius 3 is 2.67 bits per heavy atom. The van der Waals surface area contributed by atoms with Crippen molar-refractivity contribution in [3.05, 3.63) is 42.5 Å². The van der Waals surface area contributed by atoms with Crippen molar-refractivity contribution < 1.29 is 23.8 Å². The summed E-state index contributed by atoms with van der Waals surface area (Å²) in [5.41, 5.74) is 1.38. The molecule has 1 saturated heterocycles. The van der Waals surface area contributed by atoms with E-state index in [1.807, 2.05) is 12.1 Å². The largest absolute Gasteiger partial charge is 0.497 e. The Balaban J connectivity index is 1.36. The first kappa shape index (κ1) is 17.0. The predicted octanol–water partition coefficient (Wildman–Crippen LogP) is 2.30. The highest BCUT2D eigenvalue weighted by atomic mass is 16.7. The fourth-order valence-corrected chi connectivity index (χ4v) is 3.08. The quantitative estimate of drug-likeness (QED) is 0.875. The number of rotatable bonds is 5. The second-order valence-corrected chi connectivity index (χ2v) is 6.17. The molecule has 2 aliphatic heterocycles. The molecule has 8 nitrogen and oxygen atoms in total. The summed E-state index contributed by atoms with van der Waals surface area (Å²) in [7, 11) is 1.59. The molecule has 2 aromatic rings. The zero-order valence-corrected chi connectivity index (χ0v) is 14.8. The summed E-state index contributed by atoms with van der Waals surface area (Å²) in [4.78, 5) is 28.1. The number of methoxy groups -OCH3 is 1. The SMILES string of the molecule is COc1ccc(N2CCN(CC(=O)Nc3ccc4c(c3)OCO4)C2=O)cc1. The molecular formula is C19H19N3O5. The fourth-order valence-electron chi connectivity index (χ4n) is 3.08. The van der Waals surface area contributed by atoms with Gasteiger partial charge in [-0.1, -0.05) is 0 Å². The zero-order chi connectivity index (χ0) is 18.8. The maximum absolute atomic E-state index is 12.6. The minimum atomic E-state index is -0.265. The number of nitrogens with one attached hydrogen (secondary N) is 1. The van der Waals surface area contributed by atoms with Crippen molar-refractivity contribution in [2.75, 3.05) is 43.8 Å². The summed E-state index contributed by atoms with van der Waals surface area (Å²) in [5, 5.41) is 2.79. The number of urea groups is 1. The lowest BCUT2D eigenvalue weighted by Crippen LogP contribution is -2.37. The van der Waals surface area contributed by atoms with Gasteiger partial charge in [-0.25, -0.2) is 4.79 Å². The van der Waals surface area contributed by atoms with Crippen LogP contribution in [0.2, 0.25) is 0 Å². The van der Waals surface area contributed by atoms with Gasteiger partial charge in [-0.15, -0.1) is 0 Å². The number of carbonyl (C=O) groups excluding carboxylic acids is 2. The van der Waals surface area contributed by atoms with Crippen molar-refractivity contribution in [1.29, 1.82) is 0 Å². The van der Waals surface area contributed by atoms with E-state index in [2.05, 4.69) is 5.32 Å². The Kier molecular flexibility index (Phi) is 4.45. The molecule has 0 aliphatic carbocycles. The van der Waals surface area contributed by atoms with E-state index < -0.39 is 0 Å². The number of carbonyl (C=O) groups is 2. The number of ether oxygens (including phenoxy) is 3. The van der Waals surface area contributed by atoms with Gasteiger partial charge in [0, 0.05) is 30.5 Å². The van der Waals surface area contributed by atoms with Crippen molar-refractivity contribution in [3.8, 4) is 17.2 Å². The third kappa shape index (κ3) is 3.46. The van der Waals surface area contributed by atoms with Crippen molar-refractivity contribution in [2.45, 2.75) is 0 Å². The fraction of sp³-hybridized carbons (Fsp3) is 0.263. The summed E-state index contributed by atoms with van der Waals surface area (Å²) >= 11 is 0. The van der Waals surface area contributed by atoms with E-state index >= 15 is 0 Å². The molecule has 27 heavy (non-hydrogen) atoms. The second-order valence-electron chi connectivity index (χ2n) is 6.17. The molecule has 4 rings (SSSR count). The van der Waals surface area contributed by atoms with E-state index in [1.54, 1.807) is 42.3 Å². The highest BCUT2D eigenvalue weighted by Crippen LogP contribution is 2.34. The molecule has 1 N–H and O–H groups in total. The molecule has 0 atom stereocenters. The van der Waals surface area contributed by atoms with Crippen LogP contribution < -0.4 is 24.4 Å². The number of hydrogen-bond acceptors (Lipinski definition) is 5. The predicted molar refractivity (Wildman–Crippen MR) is 98.5 cm³/mol. The van der Waals surface area contributed by atoms with Crippen LogP contribution in [-0.2, 0) is 4.79 Å². The van der Waals surface area contributed by atoms with E-state index in [-0.39, 0.29) is 25.3 Å². The van der Waals surface area contributed by atoms with E-state index in [9.17, 15) is 9.59 Å². The van der Waals surface area contributed by atoms with E-state index in [4.69, 9.17) is 14.2 Å². The monoisotopic (exact) mass is 369 g/mol. The van der Waals surface area contributed by atoms with Crippen molar-refractivity contribution in [3.63, 3.8) is 0 Å². The van der Waals surface area contributed by atoms with Crippen LogP contribution in [0.4, 0.5) is 16.2 Å². The van der Waals surface area contributed by atoms with Gasteiger partial charge in [0.2, 0.25) is 12.7 Å². The third-order valence-electron chi connectivity index (χ3n) is 4.47. The second kappa shape index (κ2) is 7.06. The van der Waals surface area contributed by atoms with E-state index in [0.29, 0.717) is 30.3 Å². The van der Waals surface area contributed by atoms with Crippen LogP contribution in [0, 0.1) is 0 Å². The van der Waals surface area contributed by atoms with Gasteiger partial charge >= 0.3 is 6.03 Å². The van der Waals surface area contributed by atoms with Crippen molar-refractivity contribution in [1.82, 2.24) is 4.90 Å². The molecule has 2 aliphatic rings. The minimum Gasteiger partial charge on any atom is -0.497 e. The summed E-state index contributed by atoms with van der Waals surface area (Å²) in [5.74, 6) is 1.71. The van der Waals surface area contributed by atoms with Gasteiger partial charge in [0.15, 0.2) is 11.5 Å². The molecule has 0 spiro atoms. The van der Waals surface area contributed by atoms with Crippen molar-refractivity contribution in [2.24, 2.45) is 0 Å². The van der Waals surface area contributed by atoms with E-state index in [0.717, 1.165) is 11.4 Å². The molecule has 140 valence electrons. The van der Waals surface area contributed by atoms with E-state index in [1.165, 1.54) is 4.90 Å². The molecule has 3 amide bonds. The third-order valence-corrected chi connectivity index (χ3v) is 4.47. The molecule has 2 heterocycles. The van der Waals surface area contributed by atoms with Gasteiger partial charge in [0.1, 0.15) is 12.3 Å². The molecule has 0 aromatic heterocycles. The topological polar surface area (TPSA) is 80.3 Å². The maximum atomic E-state index is 12.6. The average molecular weight is 369 g/mol. The normalized spacial score (nSPS) is 15.2. The van der Waals surface area contributed by atoms with Gasteiger partial charge in [-0.05, 0) is 36.4 Å². The van der Waals surface area contributed by atoms with Crippen LogP contribution in [0.25, 0.3) is 0 Å². The van der Waals surface area contributed by atoms with Crippen LogP contribution >= 0.6 is 0 Å². The molecule has 8 heteroatoms. The summed E-state index contributed by atoms with van der Waals surface area (Å²) in [6.07, 6.45) is 0. The first-order chi connectivity index (χ1) is 13.1. The highest BCUT2D eigenvalue weighted by Gasteiger charge is 2.30. The van der Waals surface area contributed by atoms with Gasteiger partial charge in [-0.2, -0.15) is 0 Å². The Morgan fingerprint density at radius 2 is 1.89 bits per heavy atom. The first-order valence-corrected chi connectivity index (χ1v) is 8.54. The molecule has 0 bridgehead atoms. The highest BCUT2D eigenvalue weighted by molar-refractivity contribution is 5.99. The minimum absolute atomic E-state index is 0.0140. The molecular weight excluding hydrogens is 350 g/mol. The van der Waals surface area contributed by atoms with Gasteiger partial charge < -0.3 is 24.4 Å². The Hall–Kier alpha value is -3.42. The van der Waals surface area contributed by atoms with Crippen LogP contribution in [0.5, 0.6) is 17.2 Å². The molecule has 2 aromatic carbocycles. The van der Waals surface area contributed by atoms with Crippen LogP contribution in [-0.4, -0.2) is 50.4 Å². The number of hydrogen-bond donors (Lipinski definition) is 1. The van der Waals surface area contributed by atoms with Gasteiger partial charge in [0.25, 0.3) is 0 Å². The molecule has 1 fully saturated rings. The average Bonchev–Trinajstić information content (AvgIpc) is 3.28. The Morgan fingerprint density at radius 1 is 1.11 bits per heavy atom. The van der Waals surface area contributed by atoms with Crippen LogP contribution in [0.1, 0.15) is 0 Å². The standard InChI is InChI=1S/C19H19N3O5/c1-25-15-5-3-14(4-6-15)22-9-8-21(19(22)24)11-18(23)20-13-2-7-16-17(10-13)27-12-26-16/h2-7,10H,8-9,11-12H2,1H3,(H,20,23). The van der Waals surface area contributed by atoms with Crippen LogP contribution in [0.15, 0.2) is 42.5 Å². The van der Waals surface area contributed by atoms with Crippen LogP contribution in [0.3, 0.4) is 0 Å². The number of nitrogens with zero attached hydrogens (tertiary/aromatic N) is 2. The Labute approximate surface area is 156 Å². The number of benzene rings is 2. The number of fused-ring (bicyclic) bond motifs is 1. The van der Waals surface area contributed by atoms with Gasteiger partial charge in [0.05, 0.1) is 7.11 Å². The molecule has 0 unspecified atom stereocenters. The zero-order valence-electron chi connectivity index (χ0n) is 14.8. The lowest BCUT2D eigenvalue weighted by atomic mass is 10.2. The summed E-state index contributed by atoms with van der Waals surface area (Å²) in [6, 6.07) is 12.2. The first-order valence-electron chi connectivity index (χ1n) is 8.54. The number of amides is 3. The maximum Gasteiger partial charge on any atom is 0.325 e. The lowest BCUT2D eigenvalue weighted by molar-refractivity contribution is -0.116.